The molecule has 0 aliphatic heterocycles. The Labute approximate surface area is 68.7 Å². The molecule has 0 aliphatic rings. The van der Waals surface area contributed by atoms with Crippen LogP contribution in [0, 0.1) is 0 Å². The van der Waals surface area contributed by atoms with Gasteiger partial charge in [0.15, 0.2) is 0 Å². The van der Waals surface area contributed by atoms with Crippen LogP contribution in [-0.2, 0) is 4.79 Å². The van der Waals surface area contributed by atoms with E-state index in [1.165, 1.54) is 0 Å². The van der Waals surface area contributed by atoms with E-state index in [2.05, 4.69) is 0 Å². The molecule has 0 bridgehead atoms. The number of alkyl halides is 2. The second-order valence-corrected chi connectivity index (χ2v) is 2.29. The summed E-state index contributed by atoms with van der Waals surface area (Å²) in [6.45, 7) is -2.50. The van der Waals surface area contributed by atoms with Crippen LogP contribution >= 0.6 is 0 Å². The van der Waals surface area contributed by atoms with Crippen LogP contribution in [0.5, 0.6) is 0 Å². The minimum atomic E-state index is -2.80. The van der Waals surface area contributed by atoms with Crippen LogP contribution in [-0.4, -0.2) is 30.2 Å². The Morgan fingerprint density at radius 1 is 1.58 bits per heavy atom. The fraction of sp³-hybridized carbons (Fsp3) is 0.833. The zero-order valence-corrected chi connectivity index (χ0v) is 6.46. The first-order chi connectivity index (χ1) is 5.57. The molecule has 0 aliphatic carbocycles. The van der Waals surface area contributed by atoms with Crippen molar-refractivity contribution >= 4 is 5.97 Å². The number of nitrogens with two attached hydrogens (primary N) is 1. The second-order valence-electron chi connectivity index (χ2n) is 2.29. The molecule has 0 rings (SSSR count). The molecule has 6 heteroatoms. The molecule has 0 fully saturated rings. The third-order valence-corrected chi connectivity index (χ3v) is 1.32. The van der Waals surface area contributed by atoms with E-state index >= 15 is 0 Å². The Kier molecular flexibility index (Phi) is 5.48. The van der Waals surface area contributed by atoms with Gasteiger partial charge in [-0.2, -0.15) is 8.78 Å². The molecule has 0 aromatic rings. The summed E-state index contributed by atoms with van der Waals surface area (Å²) >= 11 is 0. The van der Waals surface area contributed by atoms with Gasteiger partial charge in [0, 0.05) is 0 Å². The van der Waals surface area contributed by atoms with E-state index in [0.717, 1.165) is 0 Å². The zero-order valence-electron chi connectivity index (χ0n) is 6.46. The molecule has 72 valence electrons. The lowest BCUT2D eigenvalue weighted by molar-refractivity contribution is -0.141. The third kappa shape index (κ3) is 4.97. The van der Waals surface area contributed by atoms with E-state index in [0.29, 0.717) is 13.0 Å². The van der Waals surface area contributed by atoms with Gasteiger partial charge >= 0.3 is 5.97 Å². The van der Waals surface area contributed by atoms with Crippen LogP contribution in [0.1, 0.15) is 12.8 Å². The molecule has 0 radical (unpaired) electrons. The first-order valence-corrected chi connectivity index (χ1v) is 3.55. The predicted molar refractivity (Wildman–Crippen MR) is 38.9 cm³/mol. The molecule has 4 nitrogen and oxygen atoms in total. The highest BCUT2D eigenvalue weighted by atomic mass is 19.3. The van der Waals surface area contributed by atoms with Crippen LogP contribution in [0.15, 0.2) is 0 Å². The largest absolute Gasteiger partial charge is 0.480 e. The molecular weight excluding hydrogens is 170 g/mol. The van der Waals surface area contributed by atoms with Crippen molar-refractivity contribution in [1.82, 2.24) is 5.32 Å². The fourth-order valence-corrected chi connectivity index (χ4v) is 0.752. The Balaban J connectivity index is 3.78. The lowest BCUT2D eigenvalue weighted by Crippen LogP contribution is -2.40. The van der Waals surface area contributed by atoms with Crippen molar-refractivity contribution < 1.29 is 18.7 Å². The summed E-state index contributed by atoms with van der Waals surface area (Å²) in [4.78, 5) is 10.3. The molecule has 1 atom stereocenters. The summed E-state index contributed by atoms with van der Waals surface area (Å²) in [6, 6.07) is -1.20. The van der Waals surface area contributed by atoms with Crippen molar-refractivity contribution in [1.29, 1.82) is 0 Å². The van der Waals surface area contributed by atoms with Gasteiger partial charge in [0.05, 0.1) is 0 Å². The smallest absolute Gasteiger partial charge is 0.320 e. The maximum atomic E-state index is 11.7. The minimum Gasteiger partial charge on any atom is -0.480 e. The monoisotopic (exact) mass is 182 g/mol. The van der Waals surface area contributed by atoms with Crippen molar-refractivity contribution in [3.05, 3.63) is 0 Å². The Bertz CT molecular complexity index is 144. The highest BCUT2D eigenvalue weighted by molar-refractivity contribution is 5.73. The van der Waals surface area contributed by atoms with Gasteiger partial charge in [-0.3, -0.25) is 4.79 Å². The first-order valence-electron chi connectivity index (χ1n) is 3.55. The van der Waals surface area contributed by atoms with Gasteiger partial charge in [-0.1, -0.05) is 0 Å². The van der Waals surface area contributed by atoms with E-state index < -0.39 is 18.6 Å². The van der Waals surface area contributed by atoms with E-state index in [4.69, 9.17) is 10.8 Å². The average Bonchev–Trinajstić information content (AvgIpc) is 1.96. The van der Waals surface area contributed by atoms with Crippen molar-refractivity contribution in [2.45, 2.75) is 25.4 Å². The third-order valence-electron chi connectivity index (χ3n) is 1.32. The van der Waals surface area contributed by atoms with Gasteiger partial charge in [0.1, 0.15) is 6.04 Å². The Morgan fingerprint density at radius 3 is 2.50 bits per heavy atom. The summed E-state index contributed by atoms with van der Waals surface area (Å²) in [5.41, 5.74) is 5.10. The molecule has 0 unspecified atom stereocenters. The molecular formula is C6H12F2N2O2. The molecule has 0 saturated heterocycles. The summed E-state index contributed by atoms with van der Waals surface area (Å²) in [5.74, 6) is -1.27. The minimum absolute atomic E-state index is 0.121. The highest BCUT2D eigenvalue weighted by Gasteiger charge is 2.19. The van der Waals surface area contributed by atoms with Gasteiger partial charge in [-0.15, -0.1) is 0 Å². The van der Waals surface area contributed by atoms with Crippen LogP contribution in [0.25, 0.3) is 0 Å². The molecule has 0 spiro atoms. The van der Waals surface area contributed by atoms with E-state index in [-0.39, 0.29) is 6.42 Å². The zero-order chi connectivity index (χ0) is 9.56. The molecule has 0 aromatic heterocycles. The lowest BCUT2D eigenvalue weighted by Gasteiger charge is -2.12. The number of carboxylic acid groups (broad SMARTS) is 1. The molecule has 0 amide bonds. The quantitative estimate of drug-likeness (QED) is 0.505. The van der Waals surface area contributed by atoms with Crippen molar-refractivity contribution in [2.75, 3.05) is 6.54 Å². The maximum absolute atomic E-state index is 11.7. The second kappa shape index (κ2) is 5.84. The summed E-state index contributed by atoms with van der Waals surface area (Å²) in [7, 11) is 0. The van der Waals surface area contributed by atoms with Gasteiger partial charge < -0.3 is 10.8 Å². The van der Waals surface area contributed by atoms with Crippen molar-refractivity contribution in [3.8, 4) is 0 Å². The Hall–Kier alpha value is -0.750. The van der Waals surface area contributed by atoms with Gasteiger partial charge in [0.25, 0.3) is 6.55 Å². The fourth-order valence-electron chi connectivity index (χ4n) is 0.752. The number of rotatable bonds is 6. The Morgan fingerprint density at radius 2 is 2.17 bits per heavy atom. The summed E-state index contributed by atoms with van der Waals surface area (Å²) in [5, 5.41) is 10.0. The number of nitrogens with one attached hydrogen (secondary N) is 1. The first kappa shape index (κ1) is 11.2. The maximum Gasteiger partial charge on any atom is 0.320 e. The highest BCUT2D eigenvalue weighted by Crippen LogP contribution is 1.99. The lowest BCUT2D eigenvalue weighted by atomic mass is 10.1. The van der Waals surface area contributed by atoms with Crippen LogP contribution < -0.4 is 11.1 Å². The number of hydrogen-bond donors (Lipinski definition) is 3. The van der Waals surface area contributed by atoms with Crippen LogP contribution in [0.3, 0.4) is 0 Å². The molecule has 4 N–H and O–H groups in total. The van der Waals surface area contributed by atoms with Gasteiger partial charge in [-0.25, -0.2) is 5.32 Å². The van der Waals surface area contributed by atoms with E-state index in [1.807, 2.05) is 0 Å². The SMILES string of the molecule is NCCC[C@@H](NC(F)F)C(=O)O. The van der Waals surface area contributed by atoms with E-state index in [9.17, 15) is 13.6 Å². The van der Waals surface area contributed by atoms with Crippen molar-refractivity contribution in [2.24, 2.45) is 5.73 Å². The van der Waals surface area contributed by atoms with Gasteiger partial charge in [-0.05, 0) is 19.4 Å². The normalized spacial score (nSPS) is 13.3. The number of halogens is 2. The number of hydrogen-bond acceptors (Lipinski definition) is 3. The van der Waals surface area contributed by atoms with Gasteiger partial charge in [0.2, 0.25) is 0 Å². The molecule has 0 aromatic carbocycles. The summed E-state index contributed by atoms with van der Waals surface area (Å²) in [6.07, 6.45) is 0.535. The molecule has 0 heterocycles. The average molecular weight is 182 g/mol. The molecule has 0 saturated carbocycles. The number of carbonyl (C=O) groups is 1. The summed E-state index contributed by atoms with van der Waals surface area (Å²) < 4.78 is 23.3. The number of aliphatic carboxylic acids is 1. The standard InChI is InChI=1S/C6H12F2N2O2/c7-6(8)10-4(5(11)12)2-1-3-9/h4,6,10H,1-3,9H2,(H,11,12)/t4-/m1/s1. The predicted octanol–water partition coefficient (Wildman–Crippen LogP) is -0.00930. The van der Waals surface area contributed by atoms with Crippen molar-refractivity contribution in [3.63, 3.8) is 0 Å². The topological polar surface area (TPSA) is 75.3 Å². The van der Waals surface area contributed by atoms with Crippen LogP contribution in [0.4, 0.5) is 8.78 Å². The van der Waals surface area contributed by atoms with E-state index in [1.54, 1.807) is 5.32 Å². The van der Waals surface area contributed by atoms with Crippen LogP contribution in [0.2, 0.25) is 0 Å². The number of carboxylic acids is 1. The molecule has 12 heavy (non-hydrogen) atoms.